The maximum atomic E-state index is 11.6. The van der Waals surface area contributed by atoms with Gasteiger partial charge in [0.15, 0.2) is 6.10 Å². The quantitative estimate of drug-likeness (QED) is 0.821. The number of aliphatic carboxylic acids is 1. The number of amides is 1. The number of nitrogens with zero attached hydrogens (tertiary/aromatic N) is 1. The minimum atomic E-state index is -1.09. The lowest BCUT2D eigenvalue weighted by Gasteiger charge is -2.16. The Labute approximate surface area is 105 Å². The van der Waals surface area contributed by atoms with Crippen LogP contribution < -0.4 is 0 Å². The molecule has 1 N–H and O–H groups in total. The first-order valence-corrected chi connectivity index (χ1v) is 5.54. The summed E-state index contributed by atoms with van der Waals surface area (Å²) in [6, 6.07) is 3.61. The van der Waals surface area contributed by atoms with Gasteiger partial charge < -0.3 is 19.2 Å². The molecule has 0 radical (unpaired) electrons. The van der Waals surface area contributed by atoms with Gasteiger partial charge in [-0.3, -0.25) is 4.79 Å². The fraction of sp³-hybridized carbons (Fsp3) is 0.500. The van der Waals surface area contributed by atoms with Crippen LogP contribution >= 0.6 is 0 Å². The van der Waals surface area contributed by atoms with Crippen LogP contribution in [-0.2, 0) is 20.9 Å². The number of carbonyl (C=O) groups is 2. The summed E-state index contributed by atoms with van der Waals surface area (Å²) in [6.45, 7) is 3.27. The second-order valence-electron chi connectivity index (χ2n) is 4.05. The van der Waals surface area contributed by atoms with E-state index in [1.165, 1.54) is 11.8 Å². The number of ether oxygens (including phenoxy) is 1. The molecule has 1 atom stereocenters. The van der Waals surface area contributed by atoms with Crippen molar-refractivity contribution in [1.29, 1.82) is 0 Å². The highest BCUT2D eigenvalue weighted by atomic mass is 16.5. The molecule has 1 aromatic rings. The Morgan fingerprint density at radius 1 is 1.50 bits per heavy atom. The van der Waals surface area contributed by atoms with Crippen molar-refractivity contribution in [1.82, 2.24) is 4.90 Å². The third-order valence-corrected chi connectivity index (χ3v) is 2.42. The zero-order chi connectivity index (χ0) is 13.7. The van der Waals surface area contributed by atoms with Crippen LogP contribution in [-0.4, -0.2) is 41.6 Å². The molecule has 0 bridgehead atoms. The summed E-state index contributed by atoms with van der Waals surface area (Å²) < 4.78 is 10.2. The van der Waals surface area contributed by atoms with E-state index in [2.05, 4.69) is 0 Å². The van der Waals surface area contributed by atoms with Crippen LogP contribution in [0.5, 0.6) is 0 Å². The first-order valence-electron chi connectivity index (χ1n) is 5.54. The minimum Gasteiger partial charge on any atom is -0.479 e. The molecule has 0 aliphatic carbocycles. The van der Waals surface area contributed by atoms with Crippen molar-refractivity contribution < 1.29 is 23.8 Å². The van der Waals surface area contributed by atoms with Crippen molar-refractivity contribution >= 4 is 11.9 Å². The molecule has 0 spiro atoms. The molecule has 1 aromatic heterocycles. The van der Waals surface area contributed by atoms with E-state index >= 15 is 0 Å². The smallest absolute Gasteiger partial charge is 0.332 e. The van der Waals surface area contributed by atoms with Crippen molar-refractivity contribution in [2.24, 2.45) is 0 Å². The van der Waals surface area contributed by atoms with E-state index in [1.807, 2.05) is 13.0 Å². The largest absolute Gasteiger partial charge is 0.479 e. The zero-order valence-corrected chi connectivity index (χ0v) is 10.7. The van der Waals surface area contributed by atoms with Crippen molar-refractivity contribution in [3.05, 3.63) is 23.7 Å². The molecule has 0 fully saturated rings. The van der Waals surface area contributed by atoms with Crippen LogP contribution in [0.25, 0.3) is 0 Å². The van der Waals surface area contributed by atoms with Crippen molar-refractivity contribution in [3.8, 4) is 0 Å². The number of carboxylic acid groups (broad SMARTS) is 1. The van der Waals surface area contributed by atoms with Crippen molar-refractivity contribution in [2.75, 3.05) is 13.7 Å². The van der Waals surface area contributed by atoms with Crippen LogP contribution in [0.15, 0.2) is 16.5 Å². The maximum Gasteiger partial charge on any atom is 0.332 e. The predicted octanol–water partition coefficient (Wildman–Crippen LogP) is 1.04. The third-order valence-electron chi connectivity index (χ3n) is 2.42. The molecular weight excluding hydrogens is 238 g/mol. The fourth-order valence-corrected chi connectivity index (χ4v) is 1.27. The molecule has 0 saturated carbocycles. The molecule has 1 rings (SSSR count). The molecule has 1 amide bonds. The Bertz CT molecular complexity index is 426. The molecular formula is C12H17NO5. The van der Waals surface area contributed by atoms with E-state index in [1.54, 1.807) is 13.1 Å². The lowest BCUT2D eigenvalue weighted by Crippen LogP contribution is -2.32. The number of hydrogen-bond donors (Lipinski definition) is 1. The molecule has 0 aromatic carbocycles. The molecule has 0 unspecified atom stereocenters. The molecule has 6 heteroatoms. The number of aryl methyl sites for hydroxylation is 1. The molecule has 1 heterocycles. The lowest BCUT2D eigenvalue weighted by atomic mass is 10.4. The van der Waals surface area contributed by atoms with Crippen molar-refractivity contribution in [3.63, 3.8) is 0 Å². The van der Waals surface area contributed by atoms with Crippen LogP contribution in [0.1, 0.15) is 18.4 Å². The SMILES string of the molecule is Cc1ccc(CN(C)C(=O)CO[C@@H](C)C(=O)O)o1. The Balaban J connectivity index is 2.39. The maximum absolute atomic E-state index is 11.6. The number of likely N-dealkylation sites (N-methyl/N-ethyl adjacent to an activating group) is 1. The van der Waals surface area contributed by atoms with Crippen LogP contribution in [0.3, 0.4) is 0 Å². The first-order chi connectivity index (χ1) is 8.40. The summed E-state index contributed by atoms with van der Waals surface area (Å²) in [5, 5.41) is 8.61. The second-order valence-corrected chi connectivity index (χ2v) is 4.05. The van der Waals surface area contributed by atoms with Gasteiger partial charge in [-0.1, -0.05) is 0 Å². The third kappa shape index (κ3) is 4.21. The summed E-state index contributed by atoms with van der Waals surface area (Å²) in [5.74, 6) is 0.0699. The molecule has 6 nitrogen and oxygen atoms in total. The van der Waals surface area contributed by atoms with E-state index in [9.17, 15) is 9.59 Å². The Morgan fingerprint density at radius 2 is 2.17 bits per heavy atom. The highest BCUT2D eigenvalue weighted by Gasteiger charge is 2.16. The summed E-state index contributed by atoms with van der Waals surface area (Å²) in [4.78, 5) is 23.6. The monoisotopic (exact) mass is 255 g/mol. The number of hydrogen-bond acceptors (Lipinski definition) is 4. The molecule has 100 valence electrons. The Morgan fingerprint density at radius 3 is 2.67 bits per heavy atom. The standard InChI is InChI=1S/C12H17NO5/c1-8-4-5-10(18-8)6-13(3)11(14)7-17-9(2)12(15)16/h4-5,9H,6-7H2,1-3H3,(H,15,16)/t9-/m0/s1. The highest BCUT2D eigenvalue weighted by molar-refractivity contribution is 5.78. The molecule has 0 aliphatic rings. The fourth-order valence-electron chi connectivity index (χ4n) is 1.27. The highest BCUT2D eigenvalue weighted by Crippen LogP contribution is 2.08. The molecule has 18 heavy (non-hydrogen) atoms. The summed E-state index contributed by atoms with van der Waals surface area (Å²) in [7, 11) is 1.61. The van der Waals surface area contributed by atoms with Gasteiger partial charge in [0.2, 0.25) is 5.91 Å². The number of rotatable bonds is 6. The van der Waals surface area contributed by atoms with Gasteiger partial charge in [-0.05, 0) is 26.0 Å². The van der Waals surface area contributed by atoms with Gasteiger partial charge in [-0.25, -0.2) is 4.79 Å². The molecule has 0 saturated heterocycles. The zero-order valence-electron chi connectivity index (χ0n) is 10.7. The van der Waals surface area contributed by atoms with Gasteiger partial charge in [-0.2, -0.15) is 0 Å². The van der Waals surface area contributed by atoms with Gasteiger partial charge in [-0.15, -0.1) is 0 Å². The summed E-state index contributed by atoms with van der Waals surface area (Å²) >= 11 is 0. The van der Waals surface area contributed by atoms with Gasteiger partial charge in [0.25, 0.3) is 0 Å². The normalized spacial score (nSPS) is 12.2. The Kier molecular flexibility index (Phi) is 4.91. The average Bonchev–Trinajstić information content (AvgIpc) is 2.70. The van der Waals surface area contributed by atoms with Gasteiger partial charge >= 0.3 is 5.97 Å². The minimum absolute atomic E-state index is 0.260. The Hall–Kier alpha value is -1.82. The van der Waals surface area contributed by atoms with Crippen LogP contribution in [0, 0.1) is 6.92 Å². The van der Waals surface area contributed by atoms with E-state index in [0.717, 1.165) is 5.76 Å². The second kappa shape index (κ2) is 6.20. The predicted molar refractivity (Wildman–Crippen MR) is 63.0 cm³/mol. The number of carbonyl (C=O) groups excluding carboxylic acids is 1. The van der Waals surface area contributed by atoms with Crippen LogP contribution in [0.4, 0.5) is 0 Å². The van der Waals surface area contributed by atoms with Gasteiger partial charge in [0.1, 0.15) is 18.1 Å². The van der Waals surface area contributed by atoms with Crippen LogP contribution in [0.2, 0.25) is 0 Å². The summed E-state index contributed by atoms with van der Waals surface area (Å²) in [6.07, 6.45) is -0.992. The average molecular weight is 255 g/mol. The number of carboxylic acids is 1. The van der Waals surface area contributed by atoms with E-state index in [4.69, 9.17) is 14.3 Å². The summed E-state index contributed by atoms with van der Waals surface area (Å²) in [5.41, 5.74) is 0. The van der Waals surface area contributed by atoms with Crippen molar-refractivity contribution in [2.45, 2.75) is 26.5 Å². The number of furan rings is 1. The lowest BCUT2D eigenvalue weighted by molar-refractivity contribution is -0.152. The van der Waals surface area contributed by atoms with E-state index < -0.39 is 12.1 Å². The van der Waals surface area contributed by atoms with E-state index in [0.29, 0.717) is 12.3 Å². The first kappa shape index (κ1) is 14.2. The topological polar surface area (TPSA) is 80.0 Å². The molecule has 0 aliphatic heterocycles. The van der Waals surface area contributed by atoms with Gasteiger partial charge in [0, 0.05) is 7.05 Å². The van der Waals surface area contributed by atoms with Gasteiger partial charge in [0.05, 0.1) is 6.54 Å². The van der Waals surface area contributed by atoms with E-state index in [-0.39, 0.29) is 12.5 Å².